The first-order chi connectivity index (χ1) is 6.77. The van der Waals surface area contributed by atoms with Gasteiger partial charge in [-0.3, -0.25) is 0 Å². The summed E-state index contributed by atoms with van der Waals surface area (Å²) in [5.74, 6) is 0. The van der Waals surface area contributed by atoms with Gasteiger partial charge >= 0.3 is 0 Å². The number of nitrogens with one attached hydrogen (secondary N) is 1. The van der Waals surface area contributed by atoms with Crippen molar-refractivity contribution >= 4 is 17.5 Å². The molecule has 0 aliphatic heterocycles. The average molecular weight is 192 g/mol. The van der Waals surface area contributed by atoms with Gasteiger partial charge in [0, 0.05) is 17.9 Å². The third-order valence-corrected chi connectivity index (χ3v) is 1.87. The van der Waals surface area contributed by atoms with Crippen molar-refractivity contribution in [3.8, 4) is 0 Å². The van der Waals surface area contributed by atoms with Gasteiger partial charge < -0.3 is 16.2 Å². The van der Waals surface area contributed by atoms with E-state index in [4.69, 9.17) is 10.8 Å². The van der Waals surface area contributed by atoms with Gasteiger partial charge in [-0.05, 0) is 30.7 Å². The first kappa shape index (κ1) is 10.6. The van der Waals surface area contributed by atoms with Gasteiger partial charge in [0.25, 0.3) is 0 Å². The van der Waals surface area contributed by atoms with Gasteiger partial charge in [-0.2, -0.15) is 0 Å². The largest absolute Gasteiger partial charge is 0.398 e. The number of anilines is 2. The lowest BCUT2D eigenvalue weighted by Gasteiger charge is -2.07. The summed E-state index contributed by atoms with van der Waals surface area (Å²) in [6.07, 6.45) is 3.90. The molecule has 0 bridgehead atoms. The van der Waals surface area contributed by atoms with Crippen LogP contribution in [0.15, 0.2) is 24.3 Å². The van der Waals surface area contributed by atoms with Crippen molar-refractivity contribution in [2.75, 3.05) is 24.2 Å². The van der Waals surface area contributed by atoms with E-state index in [1.807, 2.05) is 37.3 Å². The standard InChI is InChI=1S/C11H16N2O/c1-2-3-9-8-10(13-6-7-14)4-5-11(9)12/h2-5,8,13-14H,6-7,12H2,1H3/b3-2-. The van der Waals surface area contributed by atoms with Crippen molar-refractivity contribution in [2.24, 2.45) is 0 Å². The quantitative estimate of drug-likeness (QED) is 0.636. The van der Waals surface area contributed by atoms with E-state index in [1.54, 1.807) is 0 Å². The maximum Gasteiger partial charge on any atom is 0.0604 e. The maximum atomic E-state index is 8.65. The summed E-state index contributed by atoms with van der Waals surface area (Å²) in [7, 11) is 0. The van der Waals surface area contributed by atoms with Crippen molar-refractivity contribution in [1.82, 2.24) is 0 Å². The maximum absolute atomic E-state index is 8.65. The molecular formula is C11H16N2O. The Morgan fingerprint density at radius 2 is 2.29 bits per heavy atom. The smallest absolute Gasteiger partial charge is 0.0604 e. The molecule has 0 heterocycles. The highest BCUT2D eigenvalue weighted by molar-refractivity contribution is 5.69. The highest BCUT2D eigenvalue weighted by Gasteiger charge is 1.96. The molecule has 0 aliphatic rings. The van der Waals surface area contributed by atoms with Crippen LogP contribution >= 0.6 is 0 Å². The molecule has 0 saturated carbocycles. The zero-order valence-corrected chi connectivity index (χ0v) is 8.33. The molecule has 4 N–H and O–H groups in total. The van der Waals surface area contributed by atoms with Crippen LogP contribution in [-0.4, -0.2) is 18.3 Å². The van der Waals surface area contributed by atoms with Crippen LogP contribution in [0.3, 0.4) is 0 Å². The number of aliphatic hydroxyl groups excluding tert-OH is 1. The Kier molecular flexibility index (Phi) is 4.01. The molecular weight excluding hydrogens is 176 g/mol. The Morgan fingerprint density at radius 3 is 2.93 bits per heavy atom. The van der Waals surface area contributed by atoms with Gasteiger partial charge in [0.15, 0.2) is 0 Å². The molecule has 0 spiro atoms. The fourth-order valence-electron chi connectivity index (χ4n) is 1.21. The minimum absolute atomic E-state index is 0.128. The number of aliphatic hydroxyl groups is 1. The fraction of sp³-hybridized carbons (Fsp3) is 0.273. The van der Waals surface area contributed by atoms with Crippen LogP contribution in [0, 0.1) is 0 Å². The topological polar surface area (TPSA) is 58.3 Å². The number of nitrogen functional groups attached to an aromatic ring is 1. The Labute approximate surface area is 84.3 Å². The summed E-state index contributed by atoms with van der Waals surface area (Å²) in [4.78, 5) is 0. The molecule has 0 saturated heterocycles. The number of hydrogen-bond donors (Lipinski definition) is 3. The Bertz CT molecular complexity index is 321. The summed E-state index contributed by atoms with van der Waals surface area (Å²) in [5.41, 5.74) is 8.51. The molecule has 0 radical (unpaired) electrons. The van der Waals surface area contributed by atoms with Crippen molar-refractivity contribution < 1.29 is 5.11 Å². The molecule has 1 aromatic carbocycles. The van der Waals surface area contributed by atoms with Gasteiger partial charge in [-0.1, -0.05) is 12.2 Å². The predicted molar refractivity (Wildman–Crippen MR) is 61.1 cm³/mol. The van der Waals surface area contributed by atoms with Gasteiger partial charge in [-0.25, -0.2) is 0 Å². The number of rotatable bonds is 4. The van der Waals surface area contributed by atoms with E-state index in [1.165, 1.54) is 0 Å². The van der Waals surface area contributed by atoms with Crippen LogP contribution in [-0.2, 0) is 0 Å². The van der Waals surface area contributed by atoms with Crippen LogP contribution in [0.4, 0.5) is 11.4 Å². The van der Waals surface area contributed by atoms with Gasteiger partial charge in [0.1, 0.15) is 0 Å². The molecule has 3 nitrogen and oxygen atoms in total. The molecule has 3 heteroatoms. The van der Waals surface area contributed by atoms with Crippen LogP contribution < -0.4 is 11.1 Å². The highest BCUT2D eigenvalue weighted by atomic mass is 16.3. The zero-order chi connectivity index (χ0) is 10.4. The molecule has 1 aromatic rings. The third kappa shape index (κ3) is 2.78. The van der Waals surface area contributed by atoms with Crippen molar-refractivity contribution in [2.45, 2.75) is 6.92 Å². The summed E-state index contributed by atoms with van der Waals surface area (Å²) in [6.45, 7) is 2.63. The van der Waals surface area contributed by atoms with E-state index < -0.39 is 0 Å². The monoisotopic (exact) mass is 192 g/mol. The normalized spacial score (nSPS) is 10.7. The van der Waals surface area contributed by atoms with Gasteiger partial charge in [-0.15, -0.1) is 0 Å². The minimum Gasteiger partial charge on any atom is -0.398 e. The molecule has 76 valence electrons. The van der Waals surface area contributed by atoms with E-state index in [2.05, 4.69) is 5.32 Å². The third-order valence-electron chi connectivity index (χ3n) is 1.87. The Morgan fingerprint density at radius 1 is 1.50 bits per heavy atom. The summed E-state index contributed by atoms with van der Waals surface area (Å²) < 4.78 is 0. The van der Waals surface area contributed by atoms with Crippen LogP contribution in [0.5, 0.6) is 0 Å². The second-order valence-electron chi connectivity index (χ2n) is 2.99. The molecule has 1 rings (SSSR count). The molecule has 0 fully saturated rings. The van der Waals surface area contributed by atoms with E-state index >= 15 is 0 Å². The lowest BCUT2D eigenvalue weighted by molar-refractivity contribution is 0.311. The van der Waals surface area contributed by atoms with Gasteiger partial charge in [0.2, 0.25) is 0 Å². The lowest BCUT2D eigenvalue weighted by Crippen LogP contribution is -2.05. The van der Waals surface area contributed by atoms with E-state index in [0.717, 1.165) is 16.9 Å². The second-order valence-corrected chi connectivity index (χ2v) is 2.99. The van der Waals surface area contributed by atoms with Crippen molar-refractivity contribution in [3.63, 3.8) is 0 Å². The SMILES string of the molecule is C/C=C\c1cc(NCCO)ccc1N. The molecule has 14 heavy (non-hydrogen) atoms. The average Bonchev–Trinajstić information content (AvgIpc) is 2.19. The summed E-state index contributed by atoms with van der Waals surface area (Å²) in [5, 5.41) is 11.7. The zero-order valence-electron chi connectivity index (χ0n) is 8.33. The fourth-order valence-corrected chi connectivity index (χ4v) is 1.21. The molecule has 0 amide bonds. The first-order valence-corrected chi connectivity index (χ1v) is 4.65. The van der Waals surface area contributed by atoms with E-state index in [9.17, 15) is 0 Å². The van der Waals surface area contributed by atoms with Crippen LogP contribution in [0.25, 0.3) is 6.08 Å². The summed E-state index contributed by atoms with van der Waals surface area (Å²) in [6, 6.07) is 5.72. The van der Waals surface area contributed by atoms with E-state index in [0.29, 0.717) is 6.54 Å². The first-order valence-electron chi connectivity index (χ1n) is 4.65. The minimum atomic E-state index is 0.128. The molecule has 0 aromatic heterocycles. The second kappa shape index (κ2) is 5.29. The molecule has 0 unspecified atom stereocenters. The van der Waals surface area contributed by atoms with Crippen LogP contribution in [0.2, 0.25) is 0 Å². The molecule has 0 aliphatic carbocycles. The molecule has 0 atom stereocenters. The summed E-state index contributed by atoms with van der Waals surface area (Å²) >= 11 is 0. The number of allylic oxidation sites excluding steroid dienone is 1. The lowest BCUT2D eigenvalue weighted by atomic mass is 10.1. The highest BCUT2D eigenvalue weighted by Crippen LogP contribution is 2.18. The number of benzene rings is 1. The number of nitrogens with two attached hydrogens (primary N) is 1. The predicted octanol–water partition coefficient (Wildman–Crippen LogP) is 1.71. The van der Waals surface area contributed by atoms with Gasteiger partial charge in [0.05, 0.1) is 6.61 Å². The number of hydrogen-bond acceptors (Lipinski definition) is 3. The van der Waals surface area contributed by atoms with Crippen LogP contribution in [0.1, 0.15) is 12.5 Å². The Balaban J connectivity index is 2.83. The Hall–Kier alpha value is -1.48. The van der Waals surface area contributed by atoms with Crippen molar-refractivity contribution in [1.29, 1.82) is 0 Å². The van der Waals surface area contributed by atoms with E-state index in [-0.39, 0.29) is 6.61 Å². The van der Waals surface area contributed by atoms with Crippen molar-refractivity contribution in [3.05, 3.63) is 29.8 Å².